The number of hydrogen-bond donors (Lipinski definition) is 1. The highest BCUT2D eigenvalue weighted by atomic mass is 35.5. The van der Waals surface area contributed by atoms with Gasteiger partial charge >= 0.3 is 0 Å². The van der Waals surface area contributed by atoms with Gasteiger partial charge in [0.25, 0.3) is 0 Å². The van der Waals surface area contributed by atoms with Crippen LogP contribution in [0.25, 0.3) is 0 Å². The van der Waals surface area contributed by atoms with E-state index in [2.05, 4.69) is 15.3 Å². The zero-order chi connectivity index (χ0) is 11.5. The van der Waals surface area contributed by atoms with Crippen LogP contribution in [0, 0.1) is 6.92 Å². The zero-order valence-electron chi connectivity index (χ0n) is 8.96. The molecule has 88 valence electrons. The summed E-state index contributed by atoms with van der Waals surface area (Å²) in [6, 6.07) is 0.370. The Balaban J connectivity index is 2.13. The van der Waals surface area contributed by atoms with Crippen LogP contribution in [0.15, 0.2) is 0 Å². The molecular weight excluding hydrogens is 249 g/mol. The molecule has 0 aliphatic carbocycles. The SMILES string of the molecule is Cc1c(Cl)nc(Cl)nc1NC1CCOCC1. The van der Waals surface area contributed by atoms with E-state index in [9.17, 15) is 0 Å². The molecule has 2 rings (SSSR count). The first-order chi connectivity index (χ1) is 7.66. The minimum absolute atomic E-state index is 0.171. The summed E-state index contributed by atoms with van der Waals surface area (Å²) < 4.78 is 5.29. The number of hydrogen-bond acceptors (Lipinski definition) is 4. The first kappa shape index (κ1) is 11.9. The summed E-state index contributed by atoms with van der Waals surface area (Å²) >= 11 is 11.7. The number of aromatic nitrogens is 2. The average Bonchev–Trinajstić information content (AvgIpc) is 2.27. The molecule has 4 nitrogen and oxygen atoms in total. The maximum Gasteiger partial charge on any atom is 0.225 e. The maximum atomic E-state index is 5.94. The topological polar surface area (TPSA) is 47.0 Å². The smallest absolute Gasteiger partial charge is 0.225 e. The molecule has 2 heterocycles. The van der Waals surface area contributed by atoms with Crippen molar-refractivity contribution < 1.29 is 4.74 Å². The van der Waals surface area contributed by atoms with E-state index in [-0.39, 0.29) is 5.28 Å². The molecule has 0 aromatic carbocycles. The van der Waals surface area contributed by atoms with Gasteiger partial charge in [-0.3, -0.25) is 0 Å². The van der Waals surface area contributed by atoms with Gasteiger partial charge in [0.2, 0.25) is 5.28 Å². The van der Waals surface area contributed by atoms with Crippen LogP contribution in [0.3, 0.4) is 0 Å². The van der Waals surface area contributed by atoms with Crippen molar-refractivity contribution in [2.45, 2.75) is 25.8 Å². The van der Waals surface area contributed by atoms with Gasteiger partial charge in [-0.25, -0.2) is 9.97 Å². The van der Waals surface area contributed by atoms with Crippen molar-refractivity contribution in [1.29, 1.82) is 0 Å². The third-order valence-corrected chi connectivity index (χ3v) is 3.16. The monoisotopic (exact) mass is 261 g/mol. The van der Waals surface area contributed by atoms with E-state index in [4.69, 9.17) is 27.9 Å². The normalized spacial score (nSPS) is 17.4. The lowest BCUT2D eigenvalue weighted by atomic mass is 10.1. The molecular formula is C10H13Cl2N3O. The molecule has 16 heavy (non-hydrogen) atoms. The number of nitrogens with one attached hydrogen (secondary N) is 1. The molecule has 1 aliphatic heterocycles. The summed E-state index contributed by atoms with van der Waals surface area (Å²) in [4.78, 5) is 8.03. The molecule has 0 atom stereocenters. The Morgan fingerprint density at radius 2 is 1.94 bits per heavy atom. The van der Waals surface area contributed by atoms with Gasteiger partial charge in [-0.05, 0) is 31.4 Å². The van der Waals surface area contributed by atoms with Crippen LogP contribution in [0.1, 0.15) is 18.4 Å². The van der Waals surface area contributed by atoms with Gasteiger partial charge in [-0.2, -0.15) is 0 Å². The van der Waals surface area contributed by atoms with E-state index >= 15 is 0 Å². The average molecular weight is 262 g/mol. The lowest BCUT2D eigenvalue weighted by Gasteiger charge is -2.24. The Morgan fingerprint density at radius 1 is 1.25 bits per heavy atom. The number of nitrogens with zero attached hydrogens (tertiary/aromatic N) is 2. The molecule has 1 saturated heterocycles. The Hall–Kier alpha value is -0.580. The van der Waals surface area contributed by atoms with Crippen molar-refractivity contribution >= 4 is 29.0 Å². The summed E-state index contributed by atoms with van der Waals surface area (Å²) in [7, 11) is 0. The van der Waals surface area contributed by atoms with E-state index < -0.39 is 0 Å². The highest BCUT2D eigenvalue weighted by Crippen LogP contribution is 2.23. The standard InChI is InChI=1S/C10H13Cl2N3O/c1-6-8(11)14-10(12)15-9(6)13-7-2-4-16-5-3-7/h7H,2-5H2,1H3,(H,13,14,15). The lowest BCUT2D eigenvalue weighted by Crippen LogP contribution is -2.28. The van der Waals surface area contributed by atoms with Gasteiger partial charge in [0.05, 0.1) is 0 Å². The minimum atomic E-state index is 0.171. The summed E-state index contributed by atoms with van der Waals surface area (Å²) in [6.07, 6.45) is 1.94. The lowest BCUT2D eigenvalue weighted by molar-refractivity contribution is 0.0903. The highest BCUT2D eigenvalue weighted by Gasteiger charge is 2.16. The molecule has 0 radical (unpaired) electrons. The predicted octanol–water partition coefficient (Wildman–Crippen LogP) is 2.68. The van der Waals surface area contributed by atoms with Crippen molar-refractivity contribution in [3.63, 3.8) is 0 Å². The first-order valence-corrected chi connectivity index (χ1v) is 5.96. The number of halogens is 2. The fourth-order valence-corrected chi connectivity index (χ4v) is 2.02. The molecule has 0 saturated carbocycles. The molecule has 0 amide bonds. The summed E-state index contributed by atoms with van der Waals surface area (Å²) in [5.74, 6) is 0.719. The third kappa shape index (κ3) is 2.75. The molecule has 1 N–H and O–H groups in total. The highest BCUT2D eigenvalue weighted by molar-refractivity contribution is 6.32. The van der Waals surface area contributed by atoms with Crippen LogP contribution in [0.2, 0.25) is 10.4 Å². The Bertz CT molecular complexity index is 381. The Labute approximate surface area is 104 Å². The Morgan fingerprint density at radius 3 is 2.62 bits per heavy atom. The van der Waals surface area contributed by atoms with Crippen LogP contribution >= 0.6 is 23.2 Å². The van der Waals surface area contributed by atoms with Gasteiger partial charge in [0.1, 0.15) is 11.0 Å². The van der Waals surface area contributed by atoms with Crippen LogP contribution in [0.4, 0.5) is 5.82 Å². The minimum Gasteiger partial charge on any atom is -0.381 e. The van der Waals surface area contributed by atoms with Gasteiger partial charge < -0.3 is 10.1 Å². The molecule has 1 aromatic rings. The zero-order valence-corrected chi connectivity index (χ0v) is 10.5. The number of rotatable bonds is 2. The molecule has 6 heteroatoms. The van der Waals surface area contributed by atoms with E-state index in [1.54, 1.807) is 0 Å². The molecule has 0 unspecified atom stereocenters. The van der Waals surface area contributed by atoms with Crippen LogP contribution < -0.4 is 5.32 Å². The molecule has 0 bridgehead atoms. The second kappa shape index (κ2) is 5.17. The fraction of sp³-hybridized carbons (Fsp3) is 0.600. The van der Waals surface area contributed by atoms with E-state index in [0.29, 0.717) is 11.2 Å². The molecule has 1 aliphatic rings. The van der Waals surface area contributed by atoms with Crippen molar-refractivity contribution in [2.75, 3.05) is 18.5 Å². The summed E-state index contributed by atoms with van der Waals surface area (Å²) in [6.45, 7) is 3.44. The van der Waals surface area contributed by atoms with Crippen LogP contribution in [0.5, 0.6) is 0 Å². The van der Waals surface area contributed by atoms with Crippen molar-refractivity contribution in [1.82, 2.24) is 9.97 Å². The molecule has 1 fully saturated rings. The van der Waals surface area contributed by atoms with Gasteiger partial charge in [0, 0.05) is 24.8 Å². The van der Waals surface area contributed by atoms with Gasteiger partial charge in [-0.1, -0.05) is 11.6 Å². The molecule has 0 spiro atoms. The quantitative estimate of drug-likeness (QED) is 0.657. The second-order valence-electron chi connectivity index (χ2n) is 3.79. The predicted molar refractivity (Wildman–Crippen MR) is 64.3 cm³/mol. The van der Waals surface area contributed by atoms with Crippen LogP contribution in [-0.4, -0.2) is 29.2 Å². The number of anilines is 1. The largest absolute Gasteiger partial charge is 0.381 e. The van der Waals surface area contributed by atoms with Crippen molar-refractivity contribution in [3.05, 3.63) is 16.0 Å². The van der Waals surface area contributed by atoms with Crippen molar-refractivity contribution in [3.8, 4) is 0 Å². The summed E-state index contributed by atoms with van der Waals surface area (Å²) in [5, 5.41) is 3.90. The molecule has 1 aromatic heterocycles. The van der Waals surface area contributed by atoms with Crippen LogP contribution in [-0.2, 0) is 4.74 Å². The van der Waals surface area contributed by atoms with Gasteiger partial charge in [0.15, 0.2) is 0 Å². The fourth-order valence-electron chi connectivity index (χ4n) is 1.64. The van der Waals surface area contributed by atoms with Gasteiger partial charge in [-0.15, -0.1) is 0 Å². The van der Waals surface area contributed by atoms with Crippen molar-refractivity contribution in [2.24, 2.45) is 0 Å². The van der Waals surface area contributed by atoms with E-state index in [1.165, 1.54) is 0 Å². The maximum absolute atomic E-state index is 5.94. The summed E-state index contributed by atoms with van der Waals surface area (Å²) in [5.41, 5.74) is 0.831. The van der Waals surface area contributed by atoms with E-state index in [0.717, 1.165) is 37.4 Å². The third-order valence-electron chi connectivity index (χ3n) is 2.62. The second-order valence-corrected chi connectivity index (χ2v) is 4.48. The first-order valence-electron chi connectivity index (χ1n) is 5.20. The number of ether oxygens (including phenoxy) is 1. The van der Waals surface area contributed by atoms with E-state index in [1.807, 2.05) is 6.92 Å². The Kier molecular flexibility index (Phi) is 3.84.